The summed E-state index contributed by atoms with van der Waals surface area (Å²) in [4.78, 5) is 30.6. The number of aliphatic hydroxyl groups is 1. The van der Waals surface area contributed by atoms with Crippen LogP contribution in [0.3, 0.4) is 0 Å². The Hall–Kier alpha value is -3.03. The molecule has 0 saturated heterocycles. The number of rotatable bonds is 6. The molecule has 2 aromatic carbocycles. The van der Waals surface area contributed by atoms with E-state index >= 15 is 0 Å². The Balaban J connectivity index is 1.16. The van der Waals surface area contributed by atoms with Crippen LogP contribution in [-0.4, -0.2) is 28.1 Å². The Labute approximate surface area is 233 Å². The van der Waals surface area contributed by atoms with Crippen LogP contribution in [0, 0.1) is 30.1 Å². The molecule has 3 aliphatic rings. The van der Waals surface area contributed by atoms with E-state index in [1.165, 1.54) is 22.5 Å². The SMILES string of the molecule is Cc1cnc(NC(=O)CCC2C[C@H](O)[C@@]3(C)CCC4c5ccc(OC(=O)c6ccccc6)cc5CCC4C23)s1. The Morgan fingerprint density at radius 2 is 2.00 bits per heavy atom. The lowest BCUT2D eigenvalue weighted by atomic mass is 9.53. The van der Waals surface area contributed by atoms with Crippen molar-refractivity contribution < 1.29 is 19.4 Å². The molecule has 3 aromatic rings. The summed E-state index contributed by atoms with van der Waals surface area (Å²) >= 11 is 1.49. The van der Waals surface area contributed by atoms with Gasteiger partial charge in [-0.25, -0.2) is 9.78 Å². The fraction of sp³-hybridized carbons (Fsp3) is 0.469. The van der Waals surface area contributed by atoms with Crippen LogP contribution in [0.4, 0.5) is 5.13 Å². The van der Waals surface area contributed by atoms with Crippen LogP contribution in [-0.2, 0) is 11.2 Å². The van der Waals surface area contributed by atoms with Gasteiger partial charge in [0.15, 0.2) is 5.13 Å². The molecule has 4 unspecified atom stereocenters. The summed E-state index contributed by atoms with van der Waals surface area (Å²) in [6, 6.07) is 15.2. The number of aryl methyl sites for hydroxylation is 2. The van der Waals surface area contributed by atoms with Crippen LogP contribution in [0.15, 0.2) is 54.7 Å². The first-order valence-electron chi connectivity index (χ1n) is 14.1. The molecular weight excluding hydrogens is 508 g/mol. The number of ether oxygens (including phenoxy) is 1. The smallest absolute Gasteiger partial charge is 0.343 e. The number of hydrogen-bond acceptors (Lipinski definition) is 6. The van der Waals surface area contributed by atoms with Crippen molar-refractivity contribution in [2.24, 2.45) is 23.2 Å². The Kier molecular flexibility index (Phi) is 7.06. The second-order valence-corrected chi connectivity index (χ2v) is 13.1. The molecule has 2 N–H and O–H groups in total. The summed E-state index contributed by atoms with van der Waals surface area (Å²) in [6.45, 7) is 4.26. The molecule has 2 fully saturated rings. The molecule has 39 heavy (non-hydrogen) atoms. The Morgan fingerprint density at radius 1 is 1.18 bits per heavy atom. The molecule has 204 valence electrons. The van der Waals surface area contributed by atoms with E-state index < -0.39 is 0 Å². The fourth-order valence-electron chi connectivity index (χ4n) is 7.83. The second-order valence-electron chi connectivity index (χ2n) is 11.9. The van der Waals surface area contributed by atoms with Gasteiger partial charge in [0.05, 0.1) is 11.7 Å². The highest BCUT2D eigenvalue weighted by atomic mass is 32.1. The number of carbonyl (C=O) groups is 2. The minimum Gasteiger partial charge on any atom is -0.423 e. The van der Waals surface area contributed by atoms with Crippen LogP contribution in [0.25, 0.3) is 0 Å². The summed E-state index contributed by atoms with van der Waals surface area (Å²) in [5.41, 5.74) is 3.08. The molecule has 0 radical (unpaired) electrons. The Morgan fingerprint density at radius 3 is 2.77 bits per heavy atom. The quantitative estimate of drug-likeness (QED) is 0.272. The van der Waals surface area contributed by atoms with E-state index in [9.17, 15) is 14.7 Å². The molecule has 7 heteroatoms. The van der Waals surface area contributed by atoms with Gasteiger partial charge in [-0.3, -0.25) is 4.79 Å². The Bertz CT molecular complexity index is 1370. The summed E-state index contributed by atoms with van der Waals surface area (Å²) in [6.07, 6.45) is 7.51. The van der Waals surface area contributed by atoms with Crippen LogP contribution in [0.5, 0.6) is 5.75 Å². The first-order chi connectivity index (χ1) is 18.8. The van der Waals surface area contributed by atoms with Crippen LogP contribution in [0.2, 0.25) is 0 Å². The molecule has 6 atom stereocenters. The molecule has 3 aliphatic carbocycles. The normalized spacial score (nSPS) is 29.2. The van der Waals surface area contributed by atoms with E-state index in [0.717, 1.165) is 43.4 Å². The van der Waals surface area contributed by atoms with Crippen molar-refractivity contribution in [3.63, 3.8) is 0 Å². The van der Waals surface area contributed by atoms with Gasteiger partial charge in [-0.05, 0) is 110 Å². The number of nitrogens with zero attached hydrogens (tertiary/aromatic N) is 1. The molecule has 2 saturated carbocycles. The van der Waals surface area contributed by atoms with Gasteiger partial charge in [-0.1, -0.05) is 31.2 Å². The van der Waals surface area contributed by atoms with Gasteiger partial charge in [-0.2, -0.15) is 0 Å². The lowest BCUT2D eigenvalue weighted by Gasteiger charge is -2.51. The third kappa shape index (κ3) is 5.03. The van der Waals surface area contributed by atoms with Crippen molar-refractivity contribution in [3.05, 3.63) is 76.3 Å². The van der Waals surface area contributed by atoms with Gasteiger partial charge in [0.25, 0.3) is 0 Å². The average molecular weight is 545 g/mol. The van der Waals surface area contributed by atoms with Gasteiger partial charge in [-0.15, -0.1) is 11.3 Å². The molecule has 1 heterocycles. The number of esters is 1. The molecule has 0 bridgehead atoms. The predicted octanol–water partition coefficient (Wildman–Crippen LogP) is 6.53. The average Bonchev–Trinajstić information content (AvgIpc) is 3.46. The highest BCUT2D eigenvalue weighted by molar-refractivity contribution is 7.15. The third-order valence-corrected chi connectivity index (χ3v) is 10.4. The standard InChI is InChI=1S/C32H36N2O4S/c1-19-18-33-31(39-19)34-28(36)13-9-22-17-27(35)32(2)15-14-25-24-12-10-23(16-21(24)8-11-26(25)29(22)32)38-30(37)20-6-4-3-5-7-20/h3-7,10,12,16,18,22,25-27,29,35H,8-9,11,13-15,17H2,1-2H3,(H,33,34,36)/t22?,25?,26?,27-,29?,32+/m0/s1. The van der Waals surface area contributed by atoms with E-state index in [-0.39, 0.29) is 23.4 Å². The molecule has 6 rings (SSSR count). The number of thiazole rings is 1. The zero-order valence-electron chi connectivity index (χ0n) is 22.6. The third-order valence-electron chi connectivity index (χ3n) is 9.62. The van der Waals surface area contributed by atoms with E-state index in [1.54, 1.807) is 18.3 Å². The summed E-state index contributed by atoms with van der Waals surface area (Å²) in [5, 5.41) is 14.8. The van der Waals surface area contributed by atoms with Crippen molar-refractivity contribution in [1.29, 1.82) is 0 Å². The summed E-state index contributed by atoms with van der Waals surface area (Å²) < 4.78 is 5.70. The minimum absolute atomic E-state index is 0.00590. The van der Waals surface area contributed by atoms with Crippen molar-refractivity contribution in [3.8, 4) is 5.75 Å². The zero-order valence-corrected chi connectivity index (χ0v) is 23.4. The monoisotopic (exact) mass is 544 g/mol. The molecule has 0 spiro atoms. The number of fused-ring (bicyclic) bond motifs is 5. The maximum atomic E-state index is 12.7. The molecule has 1 aromatic heterocycles. The first-order valence-corrected chi connectivity index (χ1v) is 14.9. The second kappa shape index (κ2) is 10.5. The zero-order chi connectivity index (χ0) is 27.1. The topological polar surface area (TPSA) is 88.5 Å². The van der Waals surface area contributed by atoms with E-state index in [1.807, 2.05) is 37.3 Å². The van der Waals surface area contributed by atoms with Gasteiger partial charge in [0.2, 0.25) is 5.91 Å². The van der Waals surface area contributed by atoms with Crippen molar-refractivity contribution >= 4 is 28.3 Å². The number of hydrogen-bond donors (Lipinski definition) is 2. The number of carbonyl (C=O) groups excluding carboxylic acids is 2. The lowest BCUT2D eigenvalue weighted by molar-refractivity contribution is -0.116. The van der Waals surface area contributed by atoms with E-state index in [0.29, 0.717) is 46.5 Å². The highest BCUT2D eigenvalue weighted by Crippen LogP contribution is 2.63. The fourth-order valence-corrected chi connectivity index (χ4v) is 8.51. The summed E-state index contributed by atoms with van der Waals surface area (Å²) in [7, 11) is 0. The van der Waals surface area contributed by atoms with Crippen LogP contribution >= 0.6 is 11.3 Å². The number of amides is 1. The van der Waals surface area contributed by atoms with Crippen molar-refractivity contribution in [2.75, 3.05) is 5.32 Å². The van der Waals surface area contributed by atoms with Gasteiger partial charge < -0.3 is 15.2 Å². The van der Waals surface area contributed by atoms with E-state index in [4.69, 9.17) is 4.74 Å². The number of anilines is 1. The minimum atomic E-state index is -0.338. The van der Waals surface area contributed by atoms with Crippen molar-refractivity contribution in [1.82, 2.24) is 4.98 Å². The number of aliphatic hydroxyl groups excluding tert-OH is 1. The van der Waals surface area contributed by atoms with Crippen molar-refractivity contribution in [2.45, 2.75) is 70.8 Å². The van der Waals surface area contributed by atoms with Crippen LogP contribution in [0.1, 0.15) is 77.7 Å². The maximum absolute atomic E-state index is 12.7. The molecular formula is C32H36N2O4S. The number of nitrogens with one attached hydrogen (secondary N) is 1. The largest absolute Gasteiger partial charge is 0.423 e. The highest BCUT2D eigenvalue weighted by Gasteiger charge is 2.58. The lowest BCUT2D eigenvalue weighted by Crippen LogP contribution is -2.45. The van der Waals surface area contributed by atoms with Gasteiger partial charge in [0, 0.05) is 17.5 Å². The first kappa shape index (κ1) is 26.2. The molecule has 0 aliphatic heterocycles. The summed E-state index contributed by atoms with van der Waals surface area (Å²) in [5.74, 6) is 1.91. The number of benzene rings is 2. The number of aromatic nitrogens is 1. The molecule has 6 nitrogen and oxygen atoms in total. The van der Waals surface area contributed by atoms with E-state index in [2.05, 4.69) is 23.3 Å². The van der Waals surface area contributed by atoms with Crippen LogP contribution < -0.4 is 10.1 Å². The molecule has 1 amide bonds. The predicted molar refractivity (Wildman–Crippen MR) is 152 cm³/mol. The van der Waals surface area contributed by atoms with Gasteiger partial charge in [0.1, 0.15) is 5.75 Å². The van der Waals surface area contributed by atoms with Gasteiger partial charge >= 0.3 is 5.97 Å². The maximum Gasteiger partial charge on any atom is 0.343 e.